The molecule has 2 amide bonds. The average Bonchev–Trinajstić information content (AvgIpc) is 3.40. The number of benzene rings is 4. The topological polar surface area (TPSA) is 172 Å². The van der Waals surface area contributed by atoms with Gasteiger partial charge < -0.3 is 31.6 Å². The molecule has 2 aliphatic rings. The highest BCUT2D eigenvalue weighted by atomic mass is 32.2. The lowest BCUT2D eigenvalue weighted by Crippen LogP contribution is -2.57. The van der Waals surface area contributed by atoms with Crippen LogP contribution in [0.15, 0.2) is 97.1 Å². The van der Waals surface area contributed by atoms with Gasteiger partial charge in [0.25, 0.3) is 11.8 Å². The van der Waals surface area contributed by atoms with Gasteiger partial charge >= 0.3 is 11.9 Å². The number of nitrogens with two attached hydrogens (primary N) is 1. The predicted octanol–water partition coefficient (Wildman–Crippen LogP) is 4.78. The SMILES string of the molecule is CSCC(C(=O)O)C1(N)C(=O)ONC(=O)c2ccc(Nc3ccc(N/C(=C4\C(=O)Nc5ccccc54)c4ccccc4)cc3)c1c2. The van der Waals surface area contributed by atoms with Crippen LogP contribution in [0, 0.1) is 5.92 Å². The summed E-state index contributed by atoms with van der Waals surface area (Å²) in [6.07, 6.45) is 1.71. The summed E-state index contributed by atoms with van der Waals surface area (Å²) in [4.78, 5) is 56.2. The fourth-order valence-electron chi connectivity index (χ4n) is 5.56. The van der Waals surface area contributed by atoms with E-state index >= 15 is 0 Å². The Bertz CT molecular complexity index is 1900. The van der Waals surface area contributed by atoms with Crippen LogP contribution in [-0.4, -0.2) is 40.9 Å². The highest BCUT2D eigenvalue weighted by Gasteiger charge is 2.51. The first kappa shape index (κ1) is 30.4. The van der Waals surface area contributed by atoms with Crippen LogP contribution < -0.4 is 27.2 Å². The zero-order chi connectivity index (χ0) is 32.4. The summed E-state index contributed by atoms with van der Waals surface area (Å²) in [6.45, 7) is 0. The van der Waals surface area contributed by atoms with E-state index in [0.29, 0.717) is 28.3 Å². The number of nitrogens with one attached hydrogen (secondary N) is 4. The first-order valence-electron chi connectivity index (χ1n) is 14.2. The van der Waals surface area contributed by atoms with Gasteiger partial charge in [0.2, 0.25) is 0 Å². The number of hydrogen-bond donors (Lipinski definition) is 6. The molecule has 2 atom stereocenters. The molecule has 2 aliphatic heterocycles. The Balaban J connectivity index is 1.36. The Labute approximate surface area is 268 Å². The summed E-state index contributed by atoms with van der Waals surface area (Å²) in [6, 6.07) is 28.7. The quantitative estimate of drug-likeness (QED) is 0.141. The number of aliphatic carboxylic acids is 1. The third-order valence-corrected chi connectivity index (χ3v) is 8.57. The van der Waals surface area contributed by atoms with Crippen LogP contribution in [0.25, 0.3) is 11.3 Å². The highest BCUT2D eigenvalue weighted by molar-refractivity contribution is 7.98. The van der Waals surface area contributed by atoms with E-state index in [4.69, 9.17) is 10.6 Å². The molecular formula is C34H29N5O6S. The Morgan fingerprint density at radius 2 is 1.63 bits per heavy atom. The standard InChI is InChI=1S/C34H29N5O6S/c1-46-18-25(32(42)43)34(35)24-17-20(30(40)39-45-33(34)44)11-16-27(24)36-21-12-14-22(15-13-21)37-29(19-7-3-2-4-8-19)28-23-9-5-6-10-26(23)38-31(28)41/h2-17,25,36-37H,18,35H2,1H3,(H,38,41)(H,39,40)(H,42,43)/b29-28-. The number of rotatable bonds is 9. The second kappa shape index (κ2) is 12.4. The average molecular weight is 636 g/mol. The number of anilines is 4. The maximum atomic E-state index is 13.2. The van der Waals surface area contributed by atoms with Crippen LogP contribution in [0.5, 0.6) is 0 Å². The molecular weight excluding hydrogens is 606 g/mol. The van der Waals surface area contributed by atoms with Crippen molar-refractivity contribution in [3.63, 3.8) is 0 Å². The molecule has 2 unspecified atom stereocenters. The van der Waals surface area contributed by atoms with E-state index < -0.39 is 29.3 Å². The minimum Gasteiger partial charge on any atom is -0.481 e. The molecule has 232 valence electrons. The molecule has 0 spiro atoms. The summed E-state index contributed by atoms with van der Waals surface area (Å²) in [5.41, 5.74) is 11.9. The first-order valence-corrected chi connectivity index (χ1v) is 15.6. The van der Waals surface area contributed by atoms with Crippen molar-refractivity contribution in [2.45, 2.75) is 5.54 Å². The van der Waals surface area contributed by atoms with Crippen LogP contribution in [0.4, 0.5) is 22.7 Å². The Morgan fingerprint density at radius 1 is 0.935 bits per heavy atom. The molecule has 4 aromatic rings. The molecule has 6 rings (SSSR count). The van der Waals surface area contributed by atoms with Crippen molar-refractivity contribution in [2.24, 2.45) is 11.7 Å². The van der Waals surface area contributed by atoms with Gasteiger partial charge in [-0.25, -0.2) is 4.79 Å². The van der Waals surface area contributed by atoms with Gasteiger partial charge in [-0.3, -0.25) is 14.4 Å². The fourth-order valence-corrected chi connectivity index (χ4v) is 6.30. The largest absolute Gasteiger partial charge is 0.481 e. The Hall–Kier alpha value is -5.59. The van der Waals surface area contributed by atoms with Gasteiger partial charge in [-0.15, -0.1) is 0 Å². The number of carboxylic acids is 1. The van der Waals surface area contributed by atoms with Crippen molar-refractivity contribution < 1.29 is 29.1 Å². The van der Waals surface area contributed by atoms with E-state index in [1.165, 1.54) is 23.9 Å². The maximum absolute atomic E-state index is 13.2. The third kappa shape index (κ3) is 5.55. The summed E-state index contributed by atoms with van der Waals surface area (Å²) in [7, 11) is 0. The summed E-state index contributed by atoms with van der Waals surface area (Å²) in [5, 5.41) is 19.6. The molecule has 4 aromatic carbocycles. The number of hydrogen-bond acceptors (Lipinski definition) is 9. The highest BCUT2D eigenvalue weighted by Crippen LogP contribution is 2.40. The Morgan fingerprint density at radius 3 is 2.35 bits per heavy atom. The molecule has 11 nitrogen and oxygen atoms in total. The van der Waals surface area contributed by atoms with Gasteiger partial charge in [0.1, 0.15) is 0 Å². The lowest BCUT2D eigenvalue weighted by molar-refractivity contribution is -0.163. The number of para-hydroxylation sites is 1. The molecule has 46 heavy (non-hydrogen) atoms. The molecule has 0 aromatic heterocycles. The monoisotopic (exact) mass is 635 g/mol. The van der Waals surface area contributed by atoms with Crippen molar-refractivity contribution in [2.75, 3.05) is 28.0 Å². The van der Waals surface area contributed by atoms with Crippen molar-refractivity contribution in [3.05, 3.63) is 119 Å². The van der Waals surface area contributed by atoms with Crippen LogP contribution in [0.2, 0.25) is 0 Å². The van der Waals surface area contributed by atoms with Gasteiger partial charge in [-0.05, 0) is 60.4 Å². The number of carbonyl (C=O) groups excluding carboxylic acids is 3. The first-order chi connectivity index (χ1) is 22.2. The van der Waals surface area contributed by atoms with Gasteiger partial charge in [0, 0.05) is 45.2 Å². The van der Waals surface area contributed by atoms with Crippen LogP contribution in [0.3, 0.4) is 0 Å². The third-order valence-electron chi connectivity index (χ3n) is 7.90. The van der Waals surface area contributed by atoms with E-state index in [2.05, 4.69) is 16.0 Å². The van der Waals surface area contributed by atoms with Gasteiger partial charge in [0.15, 0.2) is 5.54 Å². The molecule has 0 saturated heterocycles. The molecule has 0 fully saturated rings. The summed E-state index contributed by atoms with van der Waals surface area (Å²) in [5.74, 6) is -4.61. The summed E-state index contributed by atoms with van der Waals surface area (Å²) < 4.78 is 0. The fraction of sp³-hybridized carbons (Fsp3) is 0.118. The number of hydroxylamine groups is 1. The molecule has 2 bridgehead atoms. The molecule has 12 heteroatoms. The second-order valence-electron chi connectivity index (χ2n) is 10.7. The molecule has 2 heterocycles. The van der Waals surface area contributed by atoms with E-state index in [0.717, 1.165) is 16.8 Å². The van der Waals surface area contributed by atoms with Crippen LogP contribution in [-0.2, 0) is 24.8 Å². The molecule has 0 saturated carbocycles. The van der Waals surface area contributed by atoms with Gasteiger partial charge in [0.05, 0.1) is 17.2 Å². The van der Waals surface area contributed by atoms with Crippen molar-refractivity contribution >= 4 is 69.5 Å². The predicted molar refractivity (Wildman–Crippen MR) is 177 cm³/mol. The lowest BCUT2D eigenvalue weighted by atomic mass is 9.77. The number of amides is 2. The van der Waals surface area contributed by atoms with Crippen LogP contribution in [0.1, 0.15) is 27.0 Å². The minimum absolute atomic E-state index is 0.0145. The minimum atomic E-state index is -2.13. The smallest absolute Gasteiger partial charge is 0.357 e. The van der Waals surface area contributed by atoms with Crippen molar-refractivity contribution in [3.8, 4) is 0 Å². The van der Waals surface area contributed by atoms with E-state index in [9.17, 15) is 24.3 Å². The zero-order valence-corrected chi connectivity index (χ0v) is 25.3. The van der Waals surface area contributed by atoms with Crippen LogP contribution >= 0.6 is 11.8 Å². The van der Waals surface area contributed by atoms with Crippen molar-refractivity contribution in [1.82, 2.24) is 5.48 Å². The van der Waals surface area contributed by atoms with Gasteiger partial charge in [-0.2, -0.15) is 17.2 Å². The van der Waals surface area contributed by atoms with E-state index in [-0.39, 0.29) is 22.8 Å². The van der Waals surface area contributed by atoms with E-state index in [1.807, 2.05) is 72.2 Å². The number of thioether (sulfide) groups is 1. The molecule has 0 aliphatic carbocycles. The number of carboxylic acid groups (broad SMARTS) is 1. The van der Waals surface area contributed by atoms with Gasteiger partial charge in [-0.1, -0.05) is 48.5 Å². The lowest BCUT2D eigenvalue weighted by Gasteiger charge is -2.35. The molecule has 0 radical (unpaired) electrons. The second-order valence-corrected chi connectivity index (χ2v) is 11.7. The summed E-state index contributed by atoms with van der Waals surface area (Å²) >= 11 is 1.22. The zero-order valence-electron chi connectivity index (χ0n) is 24.5. The van der Waals surface area contributed by atoms with Crippen molar-refractivity contribution in [1.29, 1.82) is 0 Å². The number of carbonyl (C=O) groups is 4. The number of fused-ring (bicyclic) bond motifs is 3. The Kier molecular flexibility index (Phi) is 8.22. The normalized spacial score (nSPS) is 18.6. The van der Waals surface area contributed by atoms with E-state index in [1.54, 1.807) is 24.5 Å². The molecule has 7 N–H and O–H groups in total. The maximum Gasteiger partial charge on any atom is 0.357 e.